The Morgan fingerprint density at radius 2 is 0.852 bits per heavy atom. The van der Waals surface area contributed by atoms with Crippen molar-refractivity contribution in [3.05, 3.63) is 224 Å². The van der Waals surface area contributed by atoms with Crippen LogP contribution in [0.1, 0.15) is 0 Å². The Bertz CT molecular complexity index is 3630. The Hall–Kier alpha value is -7.30. The minimum Gasteiger partial charge on any atom is -0.309 e. The van der Waals surface area contributed by atoms with Gasteiger partial charge in [-0.25, -0.2) is 0 Å². The molecule has 0 spiro atoms. The van der Waals surface area contributed by atoms with Crippen LogP contribution in [0.4, 0.5) is 17.1 Å². The lowest BCUT2D eigenvalue weighted by Crippen LogP contribution is -2.12. The second-order valence-electron chi connectivity index (χ2n) is 15.6. The standard InChI is InChI=1S/C58H37NS2/c1-2-16-39-35-43(34-33-38(39)15-1)45-21-3-7-28-52(45)59(53-29-8-4-22-47(53)49-26-14-32-56-57(49)51-24-6-10-31-55(51)60-56)44-20-12-18-41(37-44)40-17-11-19-42(36-40)46-25-13-27-50-48-23-5-9-30-54(48)61-58(46)50/h1-37H. The van der Waals surface area contributed by atoms with Gasteiger partial charge in [0.15, 0.2) is 0 Å². The molecule has 0 fully saturated rings. The molecular weight excluding hydrogens is 775 g/mol. The molecule has 286 valence electrons. The molecule has 0 amide bonds. The Morgan fingerprint density at radius 1 is 0.295 bits per heavy atom. The number of benzene rings is 10. The van der Waals surface area contributed by atoms with Gasteiger partial charge in [-0.2, -0.15) is 0 Å². The van der Waals surface area contributed by atoms with Crippen molar-refractivity contribution >= 4 is 90.9 Å². The van der Waals surface area contributed by atoms with Gasteiger partial charge in [-0.3, -0.25) is 0 Å². The zero-order valence-corrected chi connectivity index (χ0v) is 34.8. The summed E-state index contributed by atoms with van der Waals surface area (Å²) in [4.78, 5) is 2.48. The number of hydrogen-bond donors (Lipinski definition) is 0. The van der Waals surface area contributed by atoms with E-state index in [1.54, 1.807) is 0 Å². The zero-order valence-electron chi connectivity index (χ0n) is 33.1. The van der Waals surface area contributed by atoms with E-state index >= 15 is 0 Å². The number of anilines is 3. The van der Waals surface area contributed by atoms with Crippen LogP contribution in [0.15, 0.2) is 224 Å². The number of thiophene rings is 2. The second-order valence-corrected chi connectivity index (χ2v) is 17.8. The number of rotatable bonds is 7. The van der Waals surface area contributed by atoms with E-state index in [0.29, 0.717) is 0 Å². The summed E-state index contributed by atoms with van der Waals surface area (Å²) in [5.74, 6) is 0. The van der Waals surface area contributed by atoms with Crippen LogP contribution in [0.3, 0.4) is 0 Å². The normalized spacial score (nSPS) is 11.6. The summed E-state index contributed by atoms with van der Waals surface area (Å²) < 4.78 is 5.25. The fraction of sp³-hybridized carbons (Fsp3) is 0. The first kappa shape index (κ1) is 35.6. The van der Waals surface area contributed by atoms with Gasteiger partial charge in [0.1, 0.15) is 0 Å². The van der Waals surface area contributed by atoms with Gasteiger partial charge in [-0.05, 0) is 98.8 Å². The molecule has 2 heterocycles. The van der Waals surface area contributed by atoms with Crippen LogP contribution in [0.25, 0.3) is 95.6 Å². The third-order valence-corrected chi connectivity index (χ3v) is 14.4. The van der Waals surface area contributed by atoms with Gasteiger partial charge in [0.05, 0.1) is 11.4 Å². The Morgan fingerprint density at radius 3 is 1.72 bits per heavy atom. The molecule has 0 unspecified atom stereocenters. The van der Waals surface area contributed by atoms with E-state index in [-0.39, 0.29) is 0 Å². The summed E-state index contributed by atoms with van der Waals surface area (Å²) in [6.07, 6.45) is 0. The lowest BCUT2D eigenvalue weighted by Gasteiger charge is -2.30. The predicted octanol–water partition coefficient (Wildman–Crippen LogP) is 17.7. The molecule has 1 nitrogen and oxygen atoms in total. The minimum absolute atomic E-state index is 1.09. The van der Waals surface area contributed by atoms with Crippen molar-refractivity contribution in [2.24, 2.45) is 0 Å². The highest BCUT2D eigenvalue weighted by Gasteiger charge is 2.23. The van der Waals surface area contributed by atoms with Crippen LogP contribution in [0.5, 0.6) is 0 Å². The fourth-order valence-corrected chi connectivity index (χ4v) is 11.6. The van der Waals surface area contributed by atoms with E-state index in [2.05, 4.69) is 229 Å². The van der Waals surface area contributed by atoms with Crippen LogP contribution < -0.4 is 4.90 Å². The van der Waals surface area contributed by atoms with Crippen molar-refractivity contribution in [2.75, 3.05) is 4.90 Å². The minimum atomic E-state index is 1.09. The van der Waals surface area contributed by atoms with Gasteiger partial charge in [-0.15, -0.1) is 22.7 Å². The molecule has 0 saturated heterocycles. The highest BCUT2D eigenvalue weighted by molar-refractivity contribution is 7.26. The van der Waals surface area contributed by atoms with Crippen molar-refractivity contribution in [3.63, 3.8) is 0 Å². The number of fused-ring (bicyclic) bond motifs is 7. The van der Waals surface area contributed by atoms with E-state index in [1.807, 2.05) is 22.7 Å². The molecule has 3 heteroatoms. The van der Waals surface area contributed by atoms with Gasteiger partial charge in [0.25, 0.3) is 0 Å². The molecule has 10 aromatic carbocycles. The molecule has 0 aliphatic carbocycles. The molecule has 0 saturated carbocycles. The van der Waals surface area contributed by atoms with Crippen molar-refractivity contribution in [1.29, 1.82) is 0 Å². The highest BCUT2D eigenvalue weighted by Crippen LogP contribution is 2.49. The van der Waals surface area contributed by atoms with E-state index in [1.165, 1.54) is 95.6 Å². The van der Waals surface area contributed by atoms with E-state index in [4.69, 9.17) is 0 Å². The van der Waals surface area contributed by atoms with Crippen LogP contribution >= 0.6 is 22.7 Å². The van der Waals surface area contributed by atoms with E-state index in [0.717, 1.165) is 17.1 Å². The van der Waals surface area contributed by atoms with Crippen molar-refractivity contribution < 1.29 is 0 Å². The highest BCUT2D eigenvalue weighted by atomic mass is 32.1. The summed E-state index contributed by atoms with van der Waals surface area (Å²) in [5, 5.41) is 7.70. The van der Waals surface area contributed by atoms with Gasteiger partial charge in [0, 0.05) is 57.2 Å². The lowest BCUT2D eigenvalue weighted by atomic mass is 9.95. The molecule has 2 aromatic heterocycles. The smallest absolute Gasteiger partial charge is 0.0540 e. The average molecular weight is 812 g/mol. The summed E-state index contributed by atoms with van der Waals surface area (Å²) in [7, 11) is 0. The van der Waals surface area contributed by atoms with Gasteiger partial charge >= 0.3 is 0 Å². The number of nitrogens with zero attached hydrogens (tertiary/aromatic N) is 1. The molecule has 0 bridgehead atoms. The van der Waals surface area contributed by atoms with Crippen molar-refractivity contribution in [2.45, 2.75) is 0 Å². The first-order valence-electron chi connectivity index (χ1n) is 20.7. The first-order chi connectivity index (χ1) is 30.2. The quantitative estimate of drug-likeness (QED) is 0.155. The maximum absolute atomic E-state index is 2.48. The van der Waals surface area contributed by atoms with Crippen LogP contribution in [0.2, 0.25) is 0 Å². The van der Waals surface area contributed by atoms with Crippen molar-refractivity contribution in [3.8, 4) is 44.5 Å². The maximum Gasteiger partial charge on any atom is 0.0540 e. The molecule has 61 heavy (non-hydrogen) atoms. The Kier molecular flexibility index (Phi) is 8.62. The molecule has 12 rings (SSSR count). The zero-order chi connectivity index (χ0) is 40.3. The molecular formula is C58H37NS2. The topological polar surface area (TPSA) is 3.24 Å². The number of para-hydroxylation sites is 2. The van der Waals surface area contributed by atoms with Gasteiger partial charge in [0.2, 0.25) is 0 Å². The summed E-state index contributed by atoms with van der Waals surface area (Å²) in [5.41, 5.74) is 13.0. The molecule has 0 radical (unpaired) electrons. The van der Waals surface area contributed by atoms with Crippen LogP contribution in [0, 0.1) is 0 Å². The first-order valence-corrected chi connectivity index (χ1v) is 22.4. The summed E-state index contributed by atoms with van der Waals surface area (Å²) in [6, 6.07) is 82.5. The predicted molar refractivity (Wildman–Crippen MR) is 266 cm³/mol. The molecule has 12 aromatic rings. The van der Waals surface area contributed by atoms with Gasteiger partial charge < -0.3 is 4.90 Å². The third kappa shape index (κ3) is 6.13. The maximum atomic E-state index is 2.48. The Balaban J connectivity index is 1.06. The summed E-state index contributed by atoms with van der Waals surface area (Å²) in [6.45, 7) is 0. The third-order valence-electron chi connectivity index (χ3n) is 12.1. The largest absolute Gasteiger partial charge is 0.309 e. The van der Waals surface area contributed by atoms with Crippen LogP contribution in [-0.4, -0.2) is 0 Å². The molecule has 0 N–H and O–H groups in total. The lowest BCUT2D eigenvalue weighted by molar-refractivity contribution is 1.28. The van der Waals surface area contributed by atoms with Crippen LogP contribution in [-0.2, 0) is 0 Å². The monoisotopic (exact) mass is 811 g/mol. The Labute approximate surface area is 362 Å². The average Bonchev–Trinajstić information content (AvgIpc) is 3.91. The van der Waals surface area contributed by atoms with Crippen molar-refractivity contribution in [1.82, 2.24) is 0 Å². The number of hydrogen-bond acceptors (Lipinski definition) is 3. The van der Waals surface area contributed by atoms with Gasteiger partial charge in [-0.1, -0.05) is 170 Å². The molecule has 0 atom stereocenters. The SMILES string of the molecule is c1cc(-c2cccc(N(c3ccccc3-c3ccc4ccccc4c3)c3ccccc3-c3cccc4sc5ccccc5c34)c2)cc(-c2cccc3c2sc2ccccc23)c1. The molecule has 0 aliphatic rings. The molecule has 0 aliphatic heterocycles. The summed E-state index contributed by atoms with van der Waals surface area (Å²) >= 11 is 3.75. The fourth-order valence-electron chi connectivity index (χ4n) is 9.24. The van der Waals surface area contributed by atoms with E-state index < -0.39 is 0 Å². The second kappa shape index (κ2) is 14.8. The van der Waals surface area contributed by atoms with E-state index in [9.17, 15) is 0 Å².